The molecular formula is C23H41N2Si. The third kappa shape index (κ3) is 15.6. The van der Waals surface area contributed by atoms with Crippen molar-refractivity contribution in [3.63, 3.8) is 0 Å². The predicted molar refractivity (Wildman–Crippen MR) is 117 cm³/mol. The van der Waals surface area contributed by atoms with Crippen molar-refractivity contribution in [2.24, 2.45) is 0 Å². The van der Waals surface area contributed by atoms with Crippen LogP contribution >= 0.6 is 0 Å². The van der Waals surface area contributed by atoms with Gasteiger partial charge in [-0.25, -0.2) is 0 Å². The molecule has 3 radical (unpaired) electrons. The van der Waals surface area contributed by atoms with E-state index in [0.29, 0.717) is 0 Å². The molecule has 3 heteroatoms. The van der Waals surface area contributed by atoms with Gasteiger partial charge in [-0.2, -0.15) is 0 Å². The Morgan fingerprint density at radius 2 is 1.04 bits per heavy atom. The maximum absolute atomic E-state index is 3.55. The summed E-state index contributed by atoms with van der Waals surface area (Å²) in [5.41, 5.74) is 1.36. The quantitative estimate of drug-likeness (QED) is 0.242. The molecule has 0 heterocycles. The number of nitrogens with one attached hydrogen (secondary N) is 2. The Kier molecular flexibility index (Phi) is 17.2. The molecule has 1 aromatic carbocycles. The maximum atomic E-state index is 3.55. The van der Waals surface area contributed by atoms with E-state index < -0.39 is 0 Å². The molecule has 0 saturated carbocycles. The molecule has 2 nitrogen and oxygen atoms in total. The molecule has 0 bridgehead atoms. The molecule has 0 aliphatic carbocycles. The highest BCUT2D eigenvalue weighted by atomic mass is 28.1. The first-order valence-electron chi connectivity index (χ1n) is 11.0. The Bertz CT molecular complexity index is 383. The average Bonchev–Trinajstić information content (AvgIpc) is 2.68. The highest BCUT2D eigenvalue weighted by molar-refractivity contribution is 6.08. The first-order valence-corrected chi connectivity index (χ1v) is 11.7. The van der Waals surface area contributed by atoms with Crippen molar-refractivity contribution < 1.29 is 0 Å². The zero-order valence-electron chi connectivity index (χ0n) is 16.9. The van der Waals surface area contributed by atoms with Crippen molar-refractivity contribution in [2.75, 3.05) is 19.6 Å². The van der Waals surface area contributed by atoms with Gasteiger partial charge in [-0.3, -0.25) is 0 Å². The SMILES string of the molecule is [Si]CCCCCCCCCCCCCCNCCNCc1ccccc1. The zero-order chi connectivity index (χ0) is 18.5. The van der Waals surface area contributed by atoms with Crippen molar-refractivity contribution in [1.29, 1.82) is 0 Å². The Morgan fingerprint density at radius 1 is 0.538 bits per heavy atom. The van der Waals surface area contributed by atoms with Crippen LogP contribution in [-0.2, 0) is 6.54 Å². The van der Waals surface area contributed by atoms with E-state index in [1.165, 1.54) is 95.2 Å². The van der Waals surface area contributed by atoms with Gasteiger partial charge in [0.25, 0.3) is 0 Å². The van der Waals surface area contributed by atoms with Crippen molar-refractivity contribution in [1.82, 2.24) is 10.6 Å². The van der Waals surface area contributed by atoms with Gasteiger partial charge < -0.3 is 10.6 Å². The standard InChI is InChI=1S/C23H41N2Si/c26-21-15-10-8-6-4-2-1-3-5-7-9-14-18-24-19-20-25-22-23-16-12-11-13-17-23/h11-13,16-17,24-25H,1-10,14-15,18-22H2. The van der Waals surface area contributed by atoms with Gasteiger partial charge in [-0.15, -0.1) is 0 Å². The van der Waals surface area contributed by atoms with Gasteiger partial charge in [0.1, 0.15) is 0 Å². The van der Waals surface area contributed by atoms with Gasteiger partial charge in [-0.05, 0) is 18.5 Å². The molecular weight excluding hydrogens is 332 g/mol. The molecule has 0 fully saturated rings. The minimum Gasteiger partial charge on any atom is -0.315 e. The van der Waals surface area contributed by atoms with Crippen molar-refractivity contribution in [3.8, 4) is 0 Å². The minimum atomic E-state index is 0.972. The molecule has 1 rings (SSSR count). The molecule has 1 aromatic rings. The number of benzene rings is 1. The van der Waals surface area contributed by atoms with E-state index in [-0.39, 0.29) is 0 Å². The Labute approximate surface area is 166 Å². The predicted octanol–water partition coefficient (Wildman–Crippen LogP) is 5.63. The summed E-state index contributed by atoms with van der Waals surface area (Å²) < 4.78 is 0. The van der Waals surface area contributed by atoms with Crippen LogP contribution in [0, 0.1) is 0 Å². The van der Waals surface area contributed by atoms with E-state index in [1.807, 2.05) is 0 Å². The summed E-state index contributed by atoms with van der Waals surface area (Å²) in [5.74, 6) is 0. The molecule has 2 N–H and O–H groups in total. The fourth-order valence-corrected chi connectivity index (χ4v) is 3.52. The molecule has 0 saturated heterocycles. The minimum absolute atomic E-state index is 0.972. The second-order valence-electron chi connectivity index (χ2n) is 7.41. The first-order chi connectivity index (χ1) is 12.9. The fraction of sp³-hybridized carbons (Fsp3) is 0.739. The largest absolute Gasteiger partial charge is 0.315 e. The fourth-order valence-electron chi connectivity index (χ4n) is 3.27. The lowest BCUT2D eigenvalue weighted by molar-refractivity contribution is 0.532. The number of unbranched alkanes of at least 4 members (excludes halogenated alkanes) is 11. The van der Waals surface area contributed by atoms with E-state index in [9.17, 15) is 0 Å². The monoisotopic (exact) mass is 373 g/mol. The van der Waals surface area contributed by atoms with Crippen LogP contribution in [0.2, 0.25) is 6.04 Å². The van der Waals surface area contributed by atoms with Gasteiger partial charge in [0.05, 0.1) is 0 Å². The summed E-state index contributed by atoms with van der Waals surface area (Å²) >= 11 is 0. The smallest absolute Gasteiger partial charge is 0.0222 e. The normalized spacial score (nSPS) is 11.1. The van der Waals surface area contributed by atoms with Gasteiger partial charge in [0, 0.05) is 29.9 Å². The lowest BCUT2D eigenvalue weighted by Gasteiger charge is -2.07. The van der Waals surface area contributed by atoms with Crippen LogP contribution < -0.4 is 10.6 Å². The summed E-state index contributed by atoms with van der Waals surface area (Å²) in [6.45, 7) is 4.26. The van der Waals surface area contributed by atoms with E-state index in [1.54, 1.807) is 0 Å². The molecule has 0 aromatic heterocycles. The Morgan fingerprint density at radius 3 is 1.62 bits per heavy atom. The second kappa shape index (κ2) is 19.1. The molecule has 147 valence electrons. The van der Waals surface area contributed by atoms with Gasteiger partial charge in [-0.1, -0.05) is 107 Å². The molecule has 0 aliphatic rings. The van der Waals surface area contributed by atoms with Crippen molar-refractivity contribution in [3.05, 3.63) is 35.9 Å². The van der Waals surface area contributed by atoms with E-state index in [0.717, 1.165) is 19.6 Å². The number of hydrogen-bond acceptors (Lipinski definition) is 2. The number of rotatable bonds is 19. The summed E-state index contributed by atoms with van der Waals surface area (Å²) in [6, 6.07) is 11.8. The lowest BCUT2D eigenvalue weighted by Crippen LogP contribution is -2.27. The third-order valence-electron chi connectivity index (χ3n) is 4.93. The van der Waals surface area contributed by atoms with Crippen LogP contribution in [0.1, 0.15) is 82.6 Å². The Hall–Kier alpha value is -0.643. The summed E-state index contributed by atoms with van der Waals surface area (Å²) in [5, 5.41) is 7.03. The van der Waals surface area contributed by atoms with Crippen LogP contribution in [0.15, 0.2) is 30.3 Å². The van der Waals surface area contributed by atoms with Crippen LogP contribution in [0.25, 0.3) is 0 Å². The molecule has 0 amide bonds. The highest BCUT2D eigenvalue weighted by Crippen LogP contribution is 2.12. The Balaban J connectivity index is 1.68. The first kappa shape index (κ1) is 23.4. The second-order valence-corrected chi connectivity index (χ2v) is 7.91. The van der Waals surface area contributed by atoms with Crippen molar-refractivity contribution >= 4 is 10.2 Å². The summed E-state index contributed by atoms with van der Waals surface area (Å²) in [4.78, 5) is 0. The molecule has 0 spiro atoms. The summed E-state index contributed by atoms with van der Waals surface area (Å²) in [7, 11) is 3.54. The van der Waals surface area contributed by atoms with Crippen LogP contribution in [0.5, 0.6) is 0 Å². The maximum Gasteiger partial charge on any atom is 0.0222 e. The van der Waals surface area contributed by atoms with Crippen molar-refractivity contribution in [2.45, 2.75) is 89.6 Å². The average molecular weight is 374 g/mol. The van der Waals surface area contributed by atoms with Crippen LogP contribution in [-0.4, -0.2) is 29.9 Å². The highest BCUT2D eigenvalue weighted by Gasteiger charge is 1.94. The van der Waals surface area contributed by atoms with Crippen LogP contribution in [0.4, 0.5) is 0 Å². The molecule has 0 unspecified atom stereocenters. The van der Waals surface area contributed by atoms with Gasteiger partial charge in [0.15, 0.2) is 0 Å². The van der Waals surface area contributed by atoms with E-state index >= 15 is 0 Å². The lowest BCUT2D eigenvalue weighted by atomic mass is 10.1. The van der Waals surface area contributed by atoms with E-state index in [4.69, 9.17) is 0 Å². The molecule has 26 heavy (non-hydrogen) atoms. The zero-order valence-corrected chi connectivity index (χ0v) is 17.9. The molecule has 0 aliphatic heterocycles. The molecule has 0 atom stereocenters. The third-order valence-corrected chi connectivity index (χ3v) is 5.28. The summed E-state index contributed by atoms with van der Waals surface area (Å²) in [6.07, 6.45) is 17.0. The van der Waals surface area contributed by atoms with Crippen LogP contribution in [0.3, 0.4) is 0 Å². The number of hydrogen-bond donors (Lipinski definition) is 2. The topological polar surface area (TPSA) is 24.1 Å². The van der Waals surface area contributed by atoms with E-state index in [2.05, 4.69) is 51.2 Å². The van der Waals surface area contributed by atoms with Gasteiger partial charge >= 0.3 is 0 Å². The van der Waals surface area contributed by atoms with Gasteiger partial charge in [0.2, 0.25) is 0 Å².